The number of aryl methyl sites for hydroxylation is 1. The fraction of sp³-hybridized carbons (Fsp3) is 0.714. The number of rotatable bonds is 4. The van der Waals surface area contributed by atoms with Crippen LogP contribution in [0, 0.1) is 13.8 Å². The second-order valence-corrected chi connectivity index (χ2v) is 5.91. The van der Waals surface area contributed by atoms with Crippen LogP contribution in [0.2, 0.25) is 0 Å². The number of carboxylic acids is 1. The van der Waals surface area contributed by atoms with Gasteiger partial charge in [0.25, 0.3) is 0 Å². The van der Waals surface area contributed by atoms with E-state index in [-0.39, 0.29) is 12.1 Å². The Morgan fingerprint density at radius 1 is 1.58 bits per heavy atom. The zero-order valence-electron chi connectivity index (χ0n) is 12.1. The van der Waals surface area contributed by atoms with Gasteiger partial charge in [-0.25, -0.2) is 4.98 Å². The van der Waals surface area contributed by atoms with E-state index in [4.69, 9.17) is 0 Å². The van der Waals surface area contributed by atoms with E-state index in [0.717, 1.165) is 17.8 Å². The fourth-order valence-electron chi connectivity index (χ4n) is 3.08. The van der Waals surface area contributed by atoms with Crippen molar-refractivity contribution < 1.29 is 9.90 Å². The molecule has 1 heterocycles. The molecule has 1 aromatic rings. The normalized spacial score (nSPS) is 27.1. The molecule has 19 heavy (non-hydrogen) atoms. The molecule has 0 bridgehead atoms. The number of aliphatic carboxylic acids is 1. The Morgan fingerprint density at radius 3 is 2.74 bits per heavy atom. The van der Waals surface area contributed by atoms with Crippen LogP contribution in [0.5, 0.6) is 0 Å². The van der Waals surface area contributed by atoms with Gasteiger partial charge in [0.05, 0.1) is 12.0 Å². The number of nitrogens with one attached hydrogen (secondary N) is 1. The molecule has 1 saturated carbocycles. The quantitative estimate of drug-likeness (QED) is 0.874. The molecule has 1 aromatic heterocycles. The first-order valence-corrected chi connectivity index (χ1v) is 6.87. The highest BCUT2D eigenvalue weighted by Gasteiger charge is 2.46. The summed E-state index contributed by atoms with van der Waals surface area (Å²) in [5, 5.41) is 12.8. The molecular weight excluding hydrogens is 242 g/mol. The van der Waals surface area contributed by atoms with Gasteiger partial charge in [-0.15, -0.1) is 0 Å². The first-order chi connectivity index (χ1) is 8.85. The number of nitrogens with zero attached hydrogens (tertiary/aromatic N) is 2. The lowest BCUT2D eigenvalue weighted by molar-refractivity contribution is -0.145. The molecule has 0 aromatic carbocycles. The Bertz CT molecular complexity index is 481. The molecule has 0 spiro atoms. The SMILES string of the molecule is Cc1ncn(C2CCC(NC(C)C)(C(=O)O)C2)c1C. The lowest BCUT2D eigenvalue weighted by atomic mass is 9.96. The molecule has 2 rings (SSSR count). The molecule has 2 N–H and O–H groups in total. The van der Waals surface area contributed by atoms with E-state index in [1.807, 2.05) is 34.0 Å². The van der Waals surface area contributed by atoms with Crippen molar-refractivity contribution in [2.45, 2.75) is 64.6 Å². The highest BCUT2D eigenvalue weighted by Crippen LogP contribution is 2.39. The lowest BCUT2D eigenvalue weighted by Crippen LogP contribution is -2.53. The monoisotopic (exact) mass is 265 g/mol. The van der Waals surface area contributed by atoms with Crippen LogP contribution in [0.25, 0.3) is 0 Å². The predicted octanol–water partition coefficient (Wildman–Crippen LogP) is 2.05. The number of hydrogen-bond acceptors (Lipinski definition) is 3. The minimum atomic E-state index is -0.788. The first-order valence-electron chi connectivity index (χ1n) is 6.87. The smallest absolute Gasteiger partial charge is 0.323 e. The van der Waals surface area contributed by atoms with Crippen molar-refractivity contribution in [1.82, 2.24) is 14.9 Å². The average molecular weight is 265 g/mol. The van der Waals surface area contributed by atoms with Gasteiger partial charge in [0.2, 0.25) is 0 Å². The molecular formula is C14H23N3O2. The van der Waals surface area contributed by atoms with Crippen LogP contribution in [0.4, 0.5) is 0 Å². The van der Waals surface area contributed by atoms with Crippen molar-refractivity contribution in [3.8, 4) is 0 Å². The Hall–Kier alpha value is -1.36. The summed E-state index contributed by atoms with van der Waals surface area (Å²) in [7, 11) is 0. The van der Waals surface area contributed by atoms with Crippen LogP contribution < -0.4 is 5.32 Å². The standard InChI is InChI=1S/C14H23N3O2/c1-9(2)16-14(13(18)19)6-5-12(7-14)17-8-15-10(3)11(17)4/h8-9,12,16H,5-7H2,1-4H3,(H,18,19). The number of imidazole rings is 1. The number of hydrogen-bond donors (Lipinski definition) is 2. The maximum atomic E-state index is 11.6. The van der Waals surface area contributed by atoms with Crippen molar-refractivity contribution in [3.05, 3.63) is 17.7 Å². The van der Waals surface area contributed by atoms with E-state index in [1.165, 1.54) is 0 Å². The van der Waals surface area contributed by atoms with E-state index in [9.17, 15) is 9.90 Å². The molecule has 5 heteroatoms. The van der Waals surface area contributed by atoms with Crippen LogP contribution in [0.15, 0.2) is 6.33 Å². The van der Waals surface area contributed by atoms with Gasteiger partial charge >= 0.3 is 5.97 Å². The maximum Gasteiger partial charge on any atom is 0.323 e. The Kier molecular flexibility index (Phi) is 3.67. The van der Waals surface area contributed by atoms with Gasteiger partial charge in [0.15, 0.2) is 0 Å². The molecule has 2 atom stereocenters. The molecule has 1 fully saturated rings. The van der Waals surface area contributed by atoms with E-state index in [0.29, 0.717) is 12.8 Å². The van der Waals surface area contributed by atoms with Crippen LogP contribution in [0.3, 0.4) is 0 Å². The highest BCUT2D eigenvalue weighted by molar-refractivity contribution is 5.79. The second-order valence-electron chi connectivity index (χ2n) is 5.91. The van der Waals surface area contributed by atoms with Crippen molar-refractivity contribution in [2.75, 3.05) is 0 Å². The van der Waals surface area contributed by atoms with Gasteiger partial charge < -0.3 is 9.67 Å². The highest BCUT2D eigenvalue weighted by atomic mass is 16.4. The summed E-state index contributed by atoms with van der Waals surface area (Å²) < 4.78 is 2.13. The minimum Gasteiger partial charge on any atom is -0.480 e. The molecule has 0 radical (unpaired) electrons. The molecule has 106 valence electrons. The van der Waals surface area contributed by atoms with Gasteiger partial charge in [-0.05, 0) is 47.0 Å². The molecule has 0 amide bonds. The number of aromatic nitrogens is 2. The Labute approximate surface area is 114 Å². The summed E-state index contributed by atoms with van der Waals surface area (Å²) in [5.41, 5.74) is 1.36. The first kappa shape index (κ1) is 14.1. The fourth-order valence-corrected chi connectivity index (χ4v) is 3.08. The zero-order valence-corrected chi connectivity index (χ0v) is 12.1. The van der Waals surface area contributed by atoms with E-state index in [1.54, 1.807) is 0 Å². The predicted molar refractivity (Wildman–Crippen MR) is 73.2 cm³/mol. The number of carboxylic acid groups (broad SMARTS) is 1. The van der Waals surface area contributed by atoms with Gasteiger partial charge in [-0.2, -0.15) is 0 Å². The summed E-state index contributed by atoms with van der Waals surface area (Å²) in [4.78, 5) is 15.9. The average Bonchev–Trinajstić information content (AvgIpc) is 2.85. The van der Waals surface area contributed by atoms with Gasteiger partial charge in [0.1, 0.15) is 5.54 Å². The maximum absolute atomic E-state index is 11.6. The van der Waals surface area contributed by atoms with E-state index < -0.39 is 11.5 Å². The van der Waals surface area contributed by atoms with E-state index >= 15 is 0 Å². The van der Waals surface area contributed by atoms with E-state index in [2.05, 4.69) is 14.9 Å². The minimum absolute atomic E-state index is 0.167. The largest absolute Gasteiger partial charge is 0.480 e. The van der Waals surface area contributed by atoms with Crippen LogP contribution >= 0.6 is 0 Å². The zero-order chi connectivity index (χ0) is 14.2. The third kappa shape index (κ3) is 2.52. The van der Waals surface area contributed by atoms with Crippen molar-refractivity contribution in [3.63, 3.8) is 0 Å². The Balaban J connectivity index is 2.21. The van der Waals surface area contributed by atoms with Crippen molar-refractivity contribution in [2.24, 2.45) is 0 Å². The third-order valence-electron chi connectivity index (χ3n) is 4.14. The summed E-state index contributed by atoms with van der Waals surface area (Å²) in [6, 6.07) is 0.393. The summed E-state index contributed by atoms with van der Waals surface area (Å²) in [6.45, 7) is 8.01. The Morgan fingerprint density at radius 2 is 2.26 bits per heavy atom. The third-order valence-corrected chi connectivity index (χ3v) is 4.14. The van der Waals surface area contributed by atoms with Crippen LogP contribution in [-0.4, -0.2) is 32.2 Å². The molecule has 2 unspecified atom stereocenters. The van der Waals surface area contributed by atoms with Gasteiger partial charge in [-0.3, -0.25) is 10.1 Å². The molecule has 1 aliphatic rings. The molecule has 1 aliphatic carbocycles. The summed E-state index contributed by atoms with van der Waals surface area (Å²) in [5.74, 6) is -0.738. The van der Waals surface area contributed by atoms with Gasteiger partial charge in [0, 0.05) is 17.8 Å². The molecule has 0 saturated heterocycles. The summed E-state index contributed by atoms with van der Waals surface area (Å²) >= 11 is 0. The molecule has 0 aliphatic heterocycles. The second kappa shape index (κ2) is 4.96. The van der Waals surface area contributed by atoms with Crippen molar-refractivity contribution in [1.29, 1.82) is 0 Å². The number of carbonyl (C=O) groups is 1. The van der Waals surface area contributed by atoms with Crippen LogP contribution in [0.1, 0.15) is 50.5 Å². The van der Waals surface area contributed by atoms with Gasteiger partial charge in [-0.1, -0.05) is 0 Å². The topological polar surface area (TPSA) is 67.2 Å². The molecule has 5 nitrogen and oxygen atoms in total. The summed E-state index contributed by atoms with van der Waals surface area (Å²) in [6.07, 6.45) is 4.00. The van der Waals surface area contributed by atoms with Crippen LogP contribution in [-0.2, 0) is 4.79 Å². The van der Waals surface area contributed by atoms with Crippen molar-refractivity contribution >= 4 is 5.97 Å². The lowest BCUT2D eigenvalue weighted by Gasteiger charge is -2.28.